The summed E-state index contributed by atoms with van der Waals surface area (Å²) in [6.07, 6.45) is 4.92. The van der Waals surface area contributed by atoms with E-state index in [1.807, 2.05) is 6.92 Å². The van der Waals surface area contributed by atoms with Crippen LogP contribution in [0.1, 0.15) is 31.4 Å². The third-order valence-corrected chi connectivity index (χ3v) is 3.30. The lowest BCUT2D eigenvalue weighted by Crippen LogP contribution is -2.32. The normalized spacial score (nSPS) is 19.2. The van der Waals surface area contributed by atoms with Crippen molar-refractivity contribution in [3.8, 4) is 0 Å². The van der Waals surface area contributed by atoms with Crippen LogP contribution in [-0.2, 0) is 4.74 Å². The van der Waals surface area contributed by atoms with Crippen LogP contribution in [0.2, 0.25) is 0 Å². The van der Waals surface area contributed by atoms with E-state index in [0.717, 1.165) is 38.2 Å². The maximum Gasteiger partial charge on any atom is 0.146 e. The van der Waals surface area contributed by atoms with Crippen molar-refractivity contribution in [1.29, 1.82) is 0 Å². The molecular weight excluding hydrogens is 219 g/mol. The lowest BCUT2D eigenvalue weighted by atomic mass is 9.87. The number of halogens is 1. The average molecular weight is 238 g/mol. The monoisotopic (exact) mass is 238 g/mol. The van der Waals surface area contributed by atoms with E-state index in [9.17, 15) is 4.39 Å². The summed E-state index contributed by atoms with van der Waals surface area (Å²) >= 11 is 0. The minimum absolute atomic E-state index is 0.0758. The van der Waals surface area contributed by atoms with Gasteiger partial charge in [-0.05, 0) is 31.4 Å². The Hall–Kier alpha value is -1.00. The molecule has 0 radical (unpaired) electrons. The van der Waals surface area contributed by atoms with Crippen molar-refractivity contribution in [2.75, 3.05) is 19.8 Å². The van der Waals surface area contributed by atoms with Gasteiger partial charge in [0.05, 0.1) is 6.20 Å². The van der Waals surface area contributed by atoms with Crippen molar-refractivity contribution >= 4 is 0 Å². The molecule has 2 rings (SSSR count). The molecule has 4 heteroatoms. The first-order valence-electron chi connectivity index (χ1n) is 6.23. The van der Waals surface area contributed by atoms with Crippen LogP contribution < -0.4 is 5.32 Å². The predicted octanol–water partition coefficient (Wildman–Crippen LogP) is 2.30. The quantitative estimate of drug-likeness (QED) is 0.874. The van der Waals surface area contributed by atoms with Crippen molar-refractivity contribution in [3.05, 3.63) is 29.8 Å². The van der Waals surface area contributed by atoms with Crippen molar-refractivity contribution in [1.82, 2.24) is 10.3 Å². The number of nitrogens with one attached hydrogen (secondary N) is 1. The zero-order valence-electron chi connectivity index (χ0n) is 10.2. The van der Waals surface area contributed by atoms with Gasteiger partial charge in [-0.15, -0.1) is 0 Å². The third-order valence-electron chi connectivity index (χ3n) is 3.30. The summed E-state index contributed by atoms with van der Waals surface area (Å²) in [5.41, 5.74) is 0.730. The second kappa shape index (κ2) is 6.07. The highest BCUT2D eigenvalue weighted by molar-refractivity contribution is 5.18. The van der Waals surface area contributed by atoms with Crippen LogP contribution in [0.5, 0.6) is 0 Å². The largest absolute Gasteiger partial charge is 0.381 e. The van der Waals surface area contributed by atoms with Gasteiger partial charge in [0.15, 0.2) is 0 Å². The first kappa shape index (κ1) is 12.5. The van der Waals surface area contributed by atoms with E-state index in [-0.39, 0.29) is 11.9 Å². The van der Waals surface area contributed by atoms with Gasteiger partial charge in [-0.1, -0.05) is 6.92 Å². The number of rotatable bonds is 4. The molecule has 1 aliphatic heterocycles. The Balaban J connectivity index is 2.18. The Labute approximate surface area is 101 Å². The van der Waals surface area contributed by atoms with Gasteiger partial charge in [-0.3, -0.25) is 4.98 Å². The molecule has 1 aromatic heterocycles. The van der Waals surface area contributed by atoms with E-state index >= 15 is 0 Å². The van der Waals surface area contributed by atoms with Gasteiger partial charge < -0.3 is 10.1 Å². The van der Waals surface area contributed by atoms with Crippen LogP contribution in [0.25, 0.3) is 0 Å². The molecular formula is C13H19FN2O. The zero-order chi connectivity index (χ0) is 12.1. The van der Waals surface area contributed by atoms with Gasteiger partial charge in [0.2, 0.25) is 0 Å². The Morgan fingerprint density at radius 2 is 2.29 bits per heavy atom. The SMILES string of the molecule is CCNC(c1ccncc1F)C1CCOCC1. The molecule has 2 heterocycles. The third kappa shape index (κ3) is 3.01. The Kier molecular flexibility index (Phi) is 4.45. The van der Waals surface area contributed by atoms with Crippen LogP contribution in [0.4, 0.5) is 4.39 Å². The van der Waals surface area contributed by atoms with Gasteiger partial charge in [-0.25, -0.2) is 4.39 Å². The summed E-state index contributed by atoms with van der Waals surface area (Å²) in [6.45, 7) is 4.44. The van der Waals surface area contributed by atoms with Crippen LogP contribution in [0, 0.1) is 11.7 Å². The predicted molar refractivity (Wildman–Crippen MR) is 64.2 cm³/mol. The van der Waals surface area contributed by atoms with Crippen LogP contribution in [0.15, 0.2) is 18.5 Å². The summed E-state index contributed by atoms with van der Waals surface area (Å²) < 4.78 is 19.1. The first-order valence-corrected chi connectivity index (χ1v) is 6.23. The minimum atomic E-state index is -0.218. The lowest BCUT2D eigenvalue weighted by Gasteiger charge is -2.31. The Bertz CT molecular complexity index is 353. The molecule has 17 heavy (non-hydrogen) atoms. The molecule has 0 spiro atoms. The van der Waals surface area contributed by atoms with E-state index in [2.05, 4.69) is 10.3 Å². The maximum atomic E-state index is 13.8. The first-order chi connectivity index (χ1) is 8.33. The maximum absolute atomic E-state index is 13.8. The van der Waals surface area contributed by atoms with Crippen molar-refractivity contribution < 1.29 is 9.13 Å². The fraction of sp³-hybridized carbons (Fsp3) is 0.615. The number of pyridine rings is 1. The van der Waals surface area contributed by atoms with Crippen LogP contribution in [-0.4, -0.2) is 24.7 Å². The molecule has 1 atom stereocenters. The number of hydrogen-bond acceptors (Lipinski definition) is 3. The number of aromatic nitrogens is 1. The molecule has 3 nitrogen and oxygen atoms in total. The smallest absolute Gasteiger partial charge is 0.146 e. The highest BCUT2D eigenvalue weighted by Gasteiger charge is 2.26. The van der Waals surface area contributed by atoms with E-state index in [1.54, 1.807) is 12.3 Å². The van der Waals surface area contributed by atoms with Gasteiger partial charge in [0.1, 0.15) is 5.82 Å². The minimum Gasteiger partial charge on any atom is -0.381 e. The van der Waals surface area contributed by atoms with E-state index < -0.39 is 0 Å². The summed E-state index contributed by atoms with van der Waals surface area (Å²) in [5, 5.41) is 3.39. The van der Waals surface area contributed by atoms with Crippen molar-refractivity contribution in [2.24, 2.45) is 5.92 Å². The molecule has 0 saturated carbocycles. The molecule has 1 aromatic rings. The molecule has 0 aromatic carbocycles. The highest BCUT2D eigenvalue weighted by atomic mass is 19.1. The number of nitrogens with zero attached hydrogens (tertiary/aromatic N) is 1. The summed E-state index contributed by atoms with van der Waals surface area (Å²) in [5.74, 6) is 0.227. The second-order valence-electron chi connectivity index (χ2n) is 4.38. The average Bonchev–Trinajstić information content (AvgIpc) is 2.38. The van der Waals surface area contributed by atoms with Gasteiger partial charge >= 0.3 is 0 Å². The molecule has 0 aliphatic carbocycles. The molecule has 0 amide bonds. The van der Waals surface area contributed by atoms with Crippen LogP contribution in [0.3, 0.4) is 0 Å². The van der Waals surface area contributed by atoms with E-state index in [4.69, 9.17) is 4.74 Å². The summed E-state index contributed by atoms with van der Waals surface area (Å²) in [7, 11) is 0. The molecule has 1 fully saturated rings. The molecule has 1 N–H and O–H groups in total. The molecule has 1 unspecified atom stereocenters. The fourth-order valence-corrected chi connectivity index (χ4v) is 2.44. The number of ether oxygens (including phenoxy) is 1. The van der Waals surface area contributed by atoms with Crippen LogP contribution >= 0.6 is 0 Å². The van der Waals surface area contributed by atoms with Crippen molar-refractivity contribution in [3.63, 3.8) is 0 Å². The summed E-state index contributed by atoms with van der Waals surface area (Å²) in [6, 6.07) is 1.85. The Morgan fingerprint density at radius 1 is 1.53 bits per heavy atom. The van der Waals surface area contributed by atoms with Crippen molar-refractivity contribution in [2.45, 2.75) is 25.8 Å². The van der Waals surface area contributed by atoms with Gasteiger partial charge in [0.25, 0.3) is 0 Å². The summed E-state index contributed by atoms with van der Waals surface area (Å²) in [4.78, 5) is 3.81. The molecule has 94 valence electrons. The molecule has 1 saturated heterocycles. The second-order valence-corrected chi connectivity index (χ2v) is 4.38. The van der Waals surface area contributed by atoms with E-state index in [0.29, 0.717) is 5.92 Å². The zero-order valence-corrected chi connectivity index (χ0v) is 10.2. The fourth-order valence-electron chi connectivity index (χ4n) is 2.44. The van der Waals surface area contributed by atoms with Gasteiger partial charge in [0, 0.05) is 31.0 Å². The lowest BCUT2D eigenvalue weighted by molar-refractivity contribution is 0.0533. The molecule has 1 aliphatic rings. The van der Waals surface area contributed by atoms with Gasteiger partial charge in [-0.2, -0.15) is 0 Å². The topological polar surface area (TPSA) is 34.2 Å². The highest BCUT2D eigenvalue weighted by Crippen LogP contribution is 2.30. The Morgan fingerprint density at radius 3 is 2.94 bits per heavy atom. The standard InChI is InChI=1S/C13H19FN2O/c1-2-16-13(10-4-7-17-8-5-10)11-3-6-15-9-12(11)14/h3,6,9-10,13,16H,2,4-5,7-8H2,1H3. The molecule has 0 bridgehead atoms. The van der Waals surface area contributed by atoms with E-state index in [1.165, 1.54) is 6.20 Å². The number of hydrogen-bond donors (Lipinski definition) is 1.